The van der Waals surface area contributed by atoms with E-state index in [0.29, 0.717) is 6.54 Å². The van der Waals surface area contributed by atoms with Crippen LogP contribution in [0.25, 0.3) is 0 Å². The van der Waals surface area contributed by atoms with E-state index in [4.69, 9.17) is 0 Å². The van der Waals surface area contributed by atoms with Crippen molar-refractivity contribution in [2.45, 2.75) is 34.2 Å². The second-order valence-corrected chi connectivity index (χ2v) is 4.87. The van der Waals surface area contributed by atoms with Crippen molar-refractivity contribution in [3.8, 4) is 0 Å². The number of carbonyl (C=O) groups is 1. The third kappa shape index (κ3) is 3.02. The monoisotopic (exact) mass is 257 g/mol. The predicted octanol–water partition coefficient (Wildman–Crippen LogP) is 2.82. The van der Waals surface area contributed by atoms with Gasteiger partial charge in [0.25, 0.3) is 0 Å². The fraction of sp³-hybridized carbons (Fsp3) is 0.333. The van der Waals surface area contributed by atoms with Crippen LogP contribution < -0.4 is 5.32 Å². The minimum absolute atomic E-state index is 0.0684. The lowest BCUT2D eigenvalue weighted by molar-refractivity contribution is -0.114. The zero-order valence-corrected chi connectivity index (χ0v) is 11.8. The lowest BCUT2D eigenvalue weighted by atomic mass is 10.1. The summed E-state index contributed by atoms with van der Waals surface area (Å²) in [6.07, 6.45) is 0. The van der Waals surface area contributed by atoms with E-state index in [1.807, 2.05) is 18.5 Å². The minimum atomic E-state index is -0.0684. The summed E-state index contributed by atoms with van der Waals surface area (Å²) in [7, 11) is 0. The number of benzene rings is 1. The van der Waals surface area contributed by atoms with E-state index in [0.717, 1.165) is 17.1 Å². The molecular formula is C15H19N3O. The molecule has 2 aromatic rings. The number of anilines is 1. The second kappa shape index (κ2) is 5.26. The first kappa shape index (κ1) is 13.3. The first-order valence-corrected chi connectivity index (χ1v) is 6.34. The van der Waals surface area contributed by atoms with Crippen LogP contribution in [0.3, 0.4) is 0 Å². The fourth-order valence-electron chi connectivity index (χ4n) is 2.07. The highest BCUT2D eigenvalue weighted by Gasteiger charge is 2.12. The maximum absolute atomic E-state index is 11.2. The van der Waals surface area contributed by atoms with Gasteiger partial charge in [0, 0.05) is 6.92 Å². The van der Waals surface area contributed by atoms with E-state index in [9.17, 15) is 4.79 Å². The van der Waals surface area contributed by atoms with Gasteiger partial charge in [0.1, 0.15) is 0 Å². The molecule has 0 aliphatic carbocycles. The van der Waals surface area contributed by atoms with Crippen molar-refractivity contribution >= 4 is 11.6 Å². The van der Waals surface area contributed by atoms with E-state index in [-0.39, 0.29) is 5.91 Å². The summed E-state index contributed by atoms with van der Waals surface area (Å²) in [4.78, 5) is 11.2. The Hall–Kier alpha value is -2.10. The average Bonchev–Trinajstić information content (AvgIpc) is 2.60. The molecule has 0 atom stereocenters. The number of amides is 1. The quantitative estimate of drug-likeness (QED) is 0.919. The topological polar surface area (TPSA) is 46.9 Å². The standard InChI is InChI=1S/C15H19N3O/c1-10-5-7-14(8-6-10)9-18-12(3)15(11(2)17-18)16-13(4)19/h5-8H,9H2,1-4H3,(H,16,19). The molecule has 0 aliphatic heterocycles. The fourth-order valence-corrected chi connectivity index (χ4v) is 2.07. The molecule has 1 heterocycles. The maximum Gasteiger partial charge on any atom is 0.221 e. The number of aryl methyl sites for hydroxylation is 2. The van der Waals surface area contributed by atoms with Crippen LogP contribution in [-0.4, -0.2) is 15.7 Å². The van der Waals surface area contributed by atoms with Crippen LogP contribution in [0.5, 0.6) is 0 Å². The van der Waals surface area contributed by atoms with Gasteiger partial charge in [-0.25, -0.2) is 0 Å². The van der Waals surface area contributed by atoms with Crippen molar-refractivity contribution in [1.82, 2.24) is 9.78 Å². The van der Waals surface area contributed by atoms with Crippen molar-refractivity contribution in [3.63, 3.8) is 0 Å². The summed E-state index contributed by atoms with van der Waals surface area (Å²) in [6.45, 7) is 8.17. The molecule has 4 nitrogen and oxygen atoms in total. The molecule has 0 saturated carbocycles. The van der Waals surface area contributed by atoms with Gasteiger partial charge in [0.05, 0.1) is 23.6 Å². The average molecular weight is 257 g/mol. The van der Waals surface area contributed by atoms with Crippen molar-refractivity contribution < 1.29 is 4.79 Å². The normalized spacial score (nSPS) is 10.5. The molecule has 1 aromatic carbocycles. The highest BCUT2D eigenvalue weighted by molar-refractivity contribution is 5.89. The van der Waals surface area contributed by atoms with Crippen molar-refractivity contribution in [2.24, 2.45) is 0 Å². The number of hydrogen-bond acceptors (Lipinski definition) is 2. The van der Waals surface area contributed by atoms with Crippen molar-refractivity contribution in [3.05, 3.63) is 46.8 Å². The summed E-state index contributed by atoms with van der Waals surface area (Å²) in [5.41, 5.74) is 5.09. The minimum Gasteiger partial charge on any atom is -0.323 e. The maximum atomic E-state index is 11.2. The largest absolute Gasteiger partial charge is 0.323 e. The Morgan fingerprint density at radius 3 is 2.42 bits per heavy atom. The highest BCUT2D eigenvalue weighted by atomic mass is 16.1. The van der Waals surface area contributed by atoms with Crippen LogP contribution >= 0.6 is 0 Å². The van der Waals surface area contributed by atoms with Crippen molar-refractivity contribution in [1.29, 1.82) is 0 Å². The highest BCUT2D eigenvalue weighted by Crippen LogP contribution is 2.20. The Morgan fingerprint density at radius 1 is 1.21 bits per heavy atom. The van der Waals surface area contributed by atoms with Crippen LogP contribution in [0.15, 0.2) is 24.3 Å². The lowest BCUT2D eigenvalue weighted by Crippen LogP contribution is -2.08. The van der Waals surface area contributed by atoms with Gasteiger partial charge in [-0.2, -0.15) is 5.10 Å². The number of nitrogens with one attached hydrogen (secondary N) is 1. The van der Waals surface area contributed by atoms with Crippen LogP contribution in [0.1, 0.15) is 29.4 Å². The SMILES string of the molecule is CC(=O)Nc1c(C)nn(Cc2ccc(C)cc2)c1C. The molecule has 0 bridgehead atoms. The molecule has 2 rings (SSSR count). The third-order valence-electron chi connectivity index (χ3n) is 3.14. The number of rotatable bonds is 3. The van der Waals surface area contributed by atoms with E-state index < -0.39 is 0 Å². The van der Waals surface area contributed by atoms with Crippen LogP contribution in [-0.2, 0) is 11.3 Å². The van der Waals surface area contributed by atoms with Crippen molar-refractivity contribution in [2.75, 3.05) is 5.32 Å². The Bertz CT molecular complexity index is 597. The molecule has 1 aromatic heterocycles. The van der Waals surface area contributed by atoms with Gasteiger partial charge < -0.3 is 5.32 Å². The summed E-state index contributed by atoms with van der Waals surface area (Å²) >= 11 is 0. The Morgan fingerprint density at radius 2 is 1.84 bits per heavy atom. The van der Waals surface area contributed by atoms with Gasteiger partial charge >= 0.3 is 0 Å². The molecule has 100 valence electrons. The van der Waals surface area contributed by atoms with Gasteiger partial charge in [-0.3, -0.25) is 9.48 Å². The van der Waals surface area contributed by atoms with Crippen LogP contribution in [0, 0.1) is 20.8 Å². The van der Waals surface area contributed by atoms with Crippen LogP contribution in [0.2, 0.25) is 0 Å². The van der Waals surface area contributed by atoms with E-state index in [2.05, 4.69) is 41.6 Å². The molecular weight excluding hydrogens is 238 g/mol. The summed E-state index contributed by atoms with van der Waals surface area (Å²) in [5, 5.41) is 7.32. The van der Waals surface area contributed by atoms with Gasteiger partial charge in [-0.05, 0) is 26.3 Å². The summed E-state index contributed by atoms with van der Waals surface area (Å²) in [5.74, 6) is -0.0684. The Kier molecular flexibility index (Phi) is 3.69. The van der Waals surface area contributed by atoms with Gasteiger partial charge in [0.15, 0.2) is 0 Å². The summed E-state index contributed by atoms with van der Waals surface area (Å²) in [6, 6.07) is 8.39. The smallest absolute Gasteiger partial charge is 0.221 e. The summed E-state index contributed by atoms with van der Waals surface area (Å²) < 4.78 is 1.92. The van der Waals surface area contributed by atoms with Gasteiger partial charge in [-0.1, -0.05) is 29.8 Å². The molecule has 1 amide bonds. The van der Waals surface area contributed by atoms with E-state index in [1.165, 1.54) is 18.1 Å². The molecule has 1 N–H and O–H groups in total. The van der Waals surface area contributed by atoms with Crippen LogP contribution in [0.4, 0.5) is 5.69 Å². The molecule has 0 unspecified atom stereocenters. The Balaban J connectivity index is 2.26. The van der Waals surface area contributed by atoms with E-state index in [1.54, 1.807) is 0 Å². The molecule has 0 spiro atoms. The second-order valence-electron chi connectivity index (χ2n) is 4.87. The first-order valence-electron chi connectivity index (χ1n) is 6.34. The van der Waals surface area contributed by atoms with Gasteiger partial charge in [0.2, 0.25) is 5.91 Å². The number of aromatic nitrogens is 2. The zero-order valence-electron chi connectivity index (χ0n) is 11.8. The Labute approximate surface area is 113 Å². The molecule has 0 fully saturated rings. The number of carbonyl (C=O) groups excluding carboxylic acids is 1. The molecule has 4 heteroatoms. The van der Waals surface area contributed by atoms with E-state index >= 15 is 0 Å². The molecule has 0 aliphatic rings. The third-order valence-corrected chi connectivity index (χ3v) is 3.14. The number of hydrogen-bond donors (Lipinski definition) is 1. The lowest BCUT2D eigenvalue weighted by Gasteiger charge is -2.06. The first-order chi connectivity index (χ1) is 8.97. The number of nitrogens with zero attached hydrogens (tertiary/aromatic N) is 2. The zero-order chi connectivity index (χ0) is 14.0. The molecule has 19 heavy (non-hydrogen) atoms. The molecule has 0 radical (unpaired) electrons. The van der Waals surface area contributed by atoms with Gasteiger partial charge in [-0.15, -0.1) is 0 Å². The predicted molar refractivity (Wildman–Crippen MR) is 76.3 cm³/mol. The molecule has 0 saturated heterocycles.